The summed E-state index contributed by atoms with van der Waals surface area (Å²) in [6.45, 7) is 0.445. The molecular weight excluding hydrogens is 414 g/mol. The predicted octanol–water partition coefficient (Wildman–Crippen LogP) is 4.06. The normalized spacial score (nSPS) is 18.7. The summed E-state index contributed by atoms with van der Waals surface area (Å²) in [5, 5.41) is 18.2. The molecule has 0 aliphatic heterocycles. The molecule has 0 atom stereocenters. The number of ether oxygens (including phenoxy) is 1. The molecule has 4 aromatic rings. The van der Waals surface area contributed by atoms with E-state index in [2.05, 4.69) is 29.9 Å². The molecule has 5 rings (SSSR count). The fourth-order valence-corrected chi connectivity index (χ4v) is 4.17. The van der Waals surface area contributed by atoms with Gasteiger partial charge in [-0.05, 0) is 56.0 Å². The van der Waals surface area contributed by atoms with Gasteiger partial charge in [0.15, 0.2) is 5.82 Å². The highest BCUT2D eigenvalue weighted by Crippen LogP contribution is 2.35. The van der Waals surface area contributed by atoms with Gasteiger partial charge < -0.3 is 4.74 Å². The van der Waals surface area contributed by atoms with Gasteiger partial charge in [-0.3, -0.25) is 4.57 Å². The summed E-state index contributed by atoms with van der Waals surface area (Å²) in [6.07, 6.45) is 9.10. The fraction of sp³-hybridized carbons (Fsp3) is 0.318. The highest BCUT2D eigenvalue weighted by Gasteiger charge is 2.29. The fourth-order valence-electron chi connectivity index (χ4n) is 4.05. The van der Waals surface area contributed by atoms with Crippen molar-refractivity contribution in [1.82, 2.24) is 34.7 Å². The van der Waals surface area contributed by atoms with Gasteiger partial charge >= 0.3 is 0 Å². The first-order chi connectivity index (χ1) is 15.3. The third-order valence-electron chi connectivity index (χ3n) is 5.55. The third-order valence-corrected chi connectivity index (χ3v) is 5.81. The van der Waals surface area contributed by atoms with Crippen molar-refractivity contribution >= 4 is 11.6 Å². The van der Waals surface area contributed by atoms with Crippen LogP contribution in [0, 0.1) is 0 Å². The van der Waals surface area contributed by atoms with Crippen molar-refractivity contribution in [2.24, 2.45) is 0 Å². The van der Waals surface area contributed by atoms with Crippen LogP contribution in [0.1, 0.15) is 43.3 Å². The Morgan fingerprint density at radius 1 is 0.903 bits per heavy atom. The van der Waals surface area contributed by atoms with E-state index in [1.165, 1.54) is 0 Å². The van der Waals surface area contributed by atoms with Crippen LogP contribution in [-0.4, -0.2) is 40.8 Å². The van der Waals surface area contributed by atoms with Crippen molar-refractivity contribution in [3.8, 4) is 11.6 Å². The number of hydrogen-bond donors (Lipinski definition) is 0. The van der Waals surface area contributed by atoms with Crippen molar-refractivity contribution in [2.75, 3.05) is 0 Å². The molecule has 3 aromatic heterocycles. The van der Waals surface area contributed by atoms with Crippen LogP contribution in [-0.2, 0) is 6.54 Å². The first-order valence-corrected chi connectivity index (χ1v) is 10.8. The molecule has 0 unspecified atom stereocenters. The molecule has 3 heterocycles. The predicted molar refractivity (Wildman–Crippen MR) is 115 cm³/mol. The zero-order valence-corrected chi connectivity index (χ0v) is 17.6. The summed E-state index contributed by atoms with van der Waals surface area (Å²) in [5.74, 6) is 2.73. The highest BCUT2D eigenvalue weighted by atomic mass is 35.5. The SMILES string of the molecule is Clc1ccc(-n2c(Cn3nccn3)nnc2C2CCC(Oc3ccccn3)CC2)cc1. The molecule has 0 radical (unpaired) electrons. The minimum absolute atomic E-state index is 0.172. The summed E-state index contributed by atoms with van der Waals surface area (Å²) < 4.78 is 8.17. The number of nitrogens with zero attached hydrogens (tertiary/aromatic N) is 7. The van der Waals surface area contributed by atoms with Crippen molar-refractivity contribution < 1.29 is 4.74 Å². The molecule has 1 saturated carbocycles. The van der Waals surface area contributed by atoms with Gasteiger partial charge in [-0.1, -0.05) is 17.7 Å². The van der Waals surface area contributed by atoms with E-state index in [4.69, 9.17) is 16.3 Å². The Kier molecular flexibility index (Phi) is 5.62. The number of benzene rings is 1. The monoisotopic (exact) mass is 435 g/mol. The van der Waals surface area contributed by atoms with Gasteiger partial charge in [-0.2, -0.15) is 15.0 Å². The van der Waals surface area contributed by atoms with Crippen LogP contribution in [0.25, 0.3) is 5.69 Å². The second-order valence-corrected chi connectivity index (χ2v) is 8.04. The lowest BCUT2D eigenvalue weighted by atomic mass is 9.86. The van der Waals surface area contributed by atoms with Gasteiger partial charge in [0.05, 0.1) is 12.4 Å². The quantitative estimate of drug-likeness (QED) is 0.454. The molecule has 31 heavy (non-hydrogen) atoms. The number of hydrogen-bond acceptors (Lipinski definition) is 6. The van der Waals surface area contributed by atoms with Gasteiger partial charge in [-0.15, -0.1) is 10.2 Å². The number of aromatic nitrogens is 7. The molecule has 0 saturated heterocycles. The largest absolute Gasteiger partial charge is 0.474 e. The van der Waals surface area contributed by atoms with Crippen LogP contribution in [0.3, 0.4) is 0 Å². The average molecular weight is 436 g/mol. The van der Waals surface area contributed by atoms with E-state index in [9.17, 15) is 0 Å². The summed E-state index contributed by atoms with van der Waals surface area (Å²) >= 11 is 6.12. The Bertz CT molecular complexity index is 1100. The first-order valence-electron chi connectivity index (χ1n) is 10.4. The molecule has 1 aromatic carbocycles. The molecule has 8 nitrogen and oxygen atoms in total. The van der Waals surface area contributed by atoms with Crippen LogP contribution in [0.4, 0.5) is 0 Å². The van der Waals surface area contributed by atoms with Crippen LogP contribution >= 0.6 is 11.6 Å². The van der Waals surface area contributed by atoms with Crippen molar-refractivity contribution in [3.05, 3.63) is 77.7 Å². The van der Waals surface area contributed by atoms with E-state index >= 15 is 0 Å². The lowest BCUT2D eigenvalue weighted by Gasteiger charge is -2.28. The van der Waals surface area contributed by atoms with E-state index in [0.717, 1.165) is 43.0 Å². The maximum atomic E-state index is 6.12. The van der Waals surface area contributed by atoms with Gasteiger partial charge in [0.25, 0.3) is 0 Å². The zero-order valence-electron chi connectivity index (χ0n) is 16.9. The van der Waals surface area contributed by atoms with E-state index in [1.807, 2.05) is 42.5 Å². The maximum Gasteiger partial charge on any atom is 0.213 e. The number of halogens is 1. The third kappa shape index (κ3) is 4.44. The van der Waals surface area contributed by atoms with Gasteiger partial charge in [0.1, 0.15) is 18.5 Å². The van der Waals surface area contributed by atoms with Crippen LogP contribution in [0.15, 0.2) is 61.1 Å². The van der Waals surface area contributed by atoms with E-state index in [0.29, 0.717) is 23.4 Å². The number of rotatable bonds is 6. The summed E-state index contributed by atoms with van der Waals surface area (Å²) in [6, 6.07) is 13.5. The molecule has 0 bridgehead atoms. The second-order valence-electron chi connectivity index (χ2n) is 7.61. The smallest absolute Gasteiger partial charge is 0.213 e. The molecule has 0 amide bonds. The first kappa shape index (κ1) is 19.7. The van der Waals surface area contributed by atoms with Gasteiger partial charge in [0.2, 0.25) is 5.88 Å². The molecule has 9 heteroatoms. The minimum Gasteiger partial charge on any atom is -0.474 e. The molecule has 0 N–H and O–H groups in total. The van der Waals surface area contributed by atoms with Crippen LogP contribution in [0.2, 0.25) is 5.02 Å². The molecule has 1 aliphatic carbocycles. The highest BCUT2D eigenvalue weighted by molar-refractivity contribution is 6.30. The molecule has 1 aliphatic rings. The van der Waals surface area contributed by atoms with Gasteiger partial charge in [-0.25, -0.2) is 4.98 Å². The summed E-state index contributed by atoms with van der Waals surface area (Å²) in [5.41, 5.74) is 0.985. The maximum absolute atomic E-state index is 6.12. The molecule has 158 valence electrons. The van der Waals surface area contributed by atoms with Crippen molar-refractivity contribution in [1.29, 1.82) is 0 Å². The topological polar surface area (TPSA) is 83.5 Å². The van der Waals surface area contributed by atoms with Crippen LogP contribution in [0.5, 0.6) is 5.88 Å². The Morgan fingerprint density at radius 2 is 1.68 bits per heavy atom. The molecular formula is C22H22ClN7O. The Labute approximate surface area is 184 Å². The second kappa shape index (κ2) is 8.85. The van der Waals surface area contributed by atoms with Crippen molar-refractivity contribution in [2.45, 2.75) is 44.2 Å². The standard InChI is InChI=1S/C22H22ClN7O/c23-17-6-8-18(9-7-17)30-20(15-29-25-13-14-26-29)27-28-22(30)16-4-10-19(11-5-16)31-21-3-1-2-12-24-21/h1-3,6-9,12-14,16,19H,4-5,10-11,15H2. The molecule has 0 spiro atoms. The Balaban J connectivity index is 1.37. The van der Waals surface area contributed by atoms with Gasteiger partial charge in [0, 0.05) is 28.9 Å². The van der Waals surface area contributed by atoms with Crippen LogP contribution < -0.4 is 4.74 Å². The lowest BCUT2D eigenvalue weighted by Crippen LogP contribution is -2.25. The summed E-state index contributed by atoms with van der Waals surface area (Å²) in [4.78, 5) is 5.88. The zero-order chi connectivity index (χ0) is 21.0. The van der Waals surface area contributed by atoms with E-state index in [1.54, 1.807) is 23.4 Å². The molecule has 1 fully saturated rings. The Hall–Kier alpha value is -3.26. The average Bonchev–Trinajstić information content (AvgIpc) is 3.46. The van der Waals surface area contributed by atoms with E-state index < -0.39 is 0 Å². The summed E-state index contributed by atoms with van der Waals surface area (Å²) in [7, 11) is 0. The number of pyridine rings is 1. The Morgan fingerprint density at radius 3 is 2.39 bits per heavy atom. The van der Waals surface area contributed by atoms with Crippen molar-refractivity contribution in [3.63, 3.8) is 0 Å². The van der Waals surface area contributed by atoms with E-state index in [-0.39, 0.29) is 6.10 Å². The lowest BCUT2D eigenvalue weighted by molar-refractivity contribution is 0.139. The minimum atomic E-state index is 0.172.